The van der Waals surface area contributed by atoms with Crippen LogP contribution in [0.3, 0.4) is 0 Å². The van der Waals surface area contributed by atoms with Gasteiger partial charge in [0, 0.05) is 11.6 Å². The van der Waals surface area contributed by atoms with Crippen molar-refractivity contribution < 1.29 is 4.79 Å². The fourth-order valence-corrected chi connectivity index (χ4v) is 2.47. The quantitative estimate of drug-likeness (QED) is 0.912. The molecule has 2 aromatic heterocycles. The zero-order chi connectivity index (χ0) is 14.2. The largest absolute Gasteiger partial charge is 0.364 e. The first-order chi connectivity index (χ1) is 8.79. The number of nitrogens with zero attached hydrogens (tertiary/aromatic N) is 3. The number of amides is 1. The molecule has 0 spiro atoms. The van der Waals surface area contributed by atoms with Crippen molar-refractivity contribution in [3.63, 3.8) is 0 Å². The number of hydrogen-bond acceptors (Lipinski definition) is 5. The van der Waals surface area contributed by atoms with Crippen LogP contribution in [0.5, 0.6) is 0 Å². The van der Waals surface area contributed by atoms with Crippen LogP contribution >= 0.6 is 11.3 Å². The van der Waals surface area contributed by atoms with Gasteiger partial charge in [0.1, 0.15) is 5.82 Å². The molecule has 0 aliphatic carbocycles. The minimum atomic E-state index is -0.510. The number of rotatable bonds is 2. The number of primary amides is 1. The second-order valence-electron chi connectivity index (χ2n) is 5.31. The maximum atomic E-state index is 11.2. The first kappa shape index (κ1) is 13.6. The molecule has 0 aliphatic heterocycles. The Bertz CT molecular complexity index is 628. The Hall–Kier alpha value is -1.82. The highest BCUT2D eigenvalue weighted by Crippen LogP contribution is 2.29. The predicted octanol–water partition coefficient (Wildman–Crippen LogP) is 2.30. The molecule has 0 radical (unpaired) electrons. The van der Waals surface area contributed by atoms with E-state index in [0.717, 1.165) is 22.1 Å². The van der Waals surface area contributed by atoms with E-state index >= 15 is 0 Å². The molecule has 0 unspecified atom stereocenters. The second kappa shape index (κ2) is 4.70. The van der Waals surface area contributed by atoms with E-state index in [2.05, 4.69) is 35.7 Å². The fraction of sp³-hybridized carbons (Fsp3) is 0.385. The van der Waals surface area contributed by atoms with Crippen molar-refractivity contribution in [2.24, 2.45) is 5.73 Å². The lowest BCUT2D eigenvalue weighted by molar-refractivity contribution is 0.1000. The van der Waals surface area contributed by atoms with Gasteiger partial charge in [0.15, 0.2) is 5.01 Å². The Kier molecular flexibility index (Phi) is 3.36. The van der Waals surface area contributed by atoms with Gasteiger partial charge >= 0.3 is 0 Å². The van der Waals surface area contributed by atoms with Crippen molar-refractivity contribution in [3.8, 4) is 10.6 Å². The number of hydrogen-bond donors (Lipinski definition) is 1. The molecule has 19 heavy (non-hydrogen) atoms. The summed E-state index contributed by atoms with van der Waals surface area (Å²) in [4.78, 5) is 25.0. The van der Waals surface area contributed by atoms with Crippen LogP contribution in [0.1, 0.15) is 42.1 Å². The summed E-state index contributed by atoms with van der Waals surface area (Å²) in [5.41, 5.74) is 6.67. The second-order valence-corrected chi connectivity index (χ2v) is 6.31. The molecule has 1 amide bonds. The number of carbonyl (C=O) groups excluding carboxylic acids is 1. The topological polar surface area (TPSA) is 81.8 Å². The van der Waals surface area contributed by atoms with Crippen molar-refractivity contribution in [1.82, 2.24) is 15.0 Å². The van der Waals surface area contributed by atoms with Gasteiger partial charge in [0.2, 0.25) is 0 Å². The molecule has 5 nitrogen and oxygen atoms in total. The third kappa shape index (κ3) is 2.78. The van der Waals surface area contributed by atoms with Gasteiger partial charge < -0.3 is 5.73 Å². The van der Waals surface area contributed by atoms with E-state index in [-0.39, 0.29) is 5.41 Å². The minimum absolute atomic E-state index is 0.124. The molecule has 0 saturated carbocycles. The molecule has 0 atom stereocenters. The summed E-state index contributed by atoms with van der Waals surface area (Å²) in [6.07, 6.45) is 1.73. The van der Waals surface area contributed by atoms with Crippen LogP contribution < -0.4 is 5.73 Å². The lowest BCUT2D eigenvalue weighted by atomic mass is 9.95. The zero-order valence-corrected chi connectivity index (χ0v) is 12.2. The maximum absolute atomic E-state index is 11.2. The standard InChI is InChI=1S/C13H16N4OS/c1-7-9(19-11(16-7)10(14)18)8-5-6-15-12(17-8)13(2,3)4/h5-6H,1-4H3,(H2,14,18). The van der Waals surface area contributed by atoms with E-state index < -0.39 is 5.91 Å². The highest BCUT2D eigenvalue weighted by Gasteiger charge is 2.20. The van der Waals surface area contributed by atoms with E-state index in [4.69, 9.17) is 5.73 Å². The first-order valence-corrected chi connectivity index (χ1v) is 6.72. The van der Waals surface area contributed by atoms with Crippen molar-refractivity contribution in [2.45, 2.75) is 33.1 Å². The van der Waals surface area contributed by atoms with Crippen LogP contribution in [0.25, 0.3) is 10.6 Å². The fourth-order valence-electron chi connectivity index (χ4n) is 1.59. The Balaban J connectivity index is 2.50. The molecule has 2 N–H and O–H groups in total. The first-order valence-electron chi connectivity index (χ1n) is 5.90. The molecule has 2 aromatic rings. The summed E-state index contributed by atoms with van der Waals surface area (Å²) in [7, 11) is 0. The number of aromatic nitrogens is 3. The molecule has 0 fully saturated rings. The van der Waals surface area contributed by atoms with E-state index in [1.807, 2.05) is 13.0 Å². The summed E-state index contributed by atoms with van der Waals surface area (Å²) >= 11 is 1.26. The molecular formula is C13H16N4OS. The third-order valence-corrected chi connectivity index (χ3v) is 3.76. The van der Waals surface area contributed by atoms with Gasteiger partial charge in [-0.3, -0.25) is 4.79 Å². The van der Waals surface area contributed by atoms with Gasteiger partial charge in [-0.15, -0.1) is 11.3 Å². The third-order valence-electron chi connectivity index (χ3n) is 2.57. The molecule has 100 valence electrons. The number of aryl methyl sites for hydroxylation is 1. The molecule has 0 aromatic carbocycles. The van der Waals surface area contributed by atoms with Crippen LogP contribution in [0.2, 0.25) is 0 Å². The highest BCUT2D eigenvalue weighted by atomic mass is 32.1. The number of nitrogens with two attached hydrogens (primary N) is 1. The van der Waals surface area contributed by atoms with E-state index in [1.165, 1.54) is 11.3 Å². The van der Waals surface area contributed by atoms with Crippen LogP contribution in [0.15, 0.2) is 12.3 Å². The highest BCUT2D eigenvalue weighted by molar-refractivity contribution is 7.17. The van der Waals surface area contributed by atoms with E-state index in [0.29, 0.717) is 5.01 Å². The van der Waals surface area contributed by atoms with E-state index in [1.54, 1.807) is 6.20 Å². The Morgan fingerprint density at radius 1 is 1.32 bits per heavy atom. The van der Waals surface area contributed by atoms with Gasteiger partial charge in [0.25, 0.3) is 5.91 Å². The van der Waals surface area contributed by atoms with Gasteiger partial charge in [-0.05, 0) is 13.0 Å². The smallest absolute Gasteiger partial charge is 0.277 e. The summed E-state index contributed by atoms with van der Waals surface area (Å²) in [6, 6.07) is 1.82. The lowest BCUT2D eigenvalue weighted by Gasteiger charge is -2.16. The normalized spacial score (nSPS) is 11.6. The van der Waals surface area contributed by atoms with Gasteiger partial charge in [-0.1, -0.05) is 20.8 Å². The monoisotopic (exact) mass is 276 g/mol. The molecule has 2 rings (SSSR count). The van der Waals surface area contributed by atoms with Crippen molar-refractivity contribution in [2.75, 3.05) is 0 Å². The Morgan fingerprint density at radius 2 is 2.00 bits per heavy atom. The van der Waals surface area contributed by atoms with Crippen molar-refractivity contribution in [1.29, 1.82) is 0 Å². The Morgan fingerprint density at radius 3 is 2.53 bits per heavy atom. The number of thiazole rings is 1. The van der Waals surface area contributed by atoms with Crippen LogP contribution in [-0.2, 0) is 5.41 Å². The zero-order valence-electron chi connectivity index (χ0n) is 11.4. The van der Waals surface area contributed by atoms with Gasteiger partial charge in [-0.2, -0.15) is 0 Å². The summed E-state index contributed by atoms with van der Waals surface area (Å²) in [5, 5.41) is 0.309. The predicted molar refractivity (Wildman–Crippen MR) is 75.1 cm³/mol. The summed E-state index contributed by atoms with van der Waals surface area (Å²) in [6.45, 7) is 8.01. The van der Waals surface area contributed by atoms with Crippen molar-refractivity contribution in [3.05, 3.63) is 28.8 Å². The SMILES string of the molecule is Cc1nc(C(N)=O)sc1-c1ccnc(C(C)(C)C)n1. The van der Waals surface area contributed by atoms with Gasteiger partial charge in [0.05, 0.1) is 16.3 Å². The maximum Gasteiger partial charge on any atom is 0.277 e. The van der Waals surface area contributed by atoms with Crippen molar-refractivity contribution >= 4 is 17.2 Å². The average Bonchev–Trinajstić information content (AvgIpc) is 2.71. The molecule has 6 heteroatoms. The number of carbonyl (C=O) groups is 1. The molecule has 2 heterocycles. The summed E-state index contributed by atoms with van der Waals surface area (Å²) < 4.78 is 0. The Labute approximate surface area is 115 Å². The lowest BCUT2D eigenvalue weighted by Crippen LogP contribution is -2.15. The molecule has 0 bridgehead atoms. The van der Waals surface area contributed by atoms with Crippen LogP contribution in [-0.4, -0.2) is 20.9 Å². The summed E-state index contributed by atoms with van der Waals surface area (Å²) in [5.74, 6) is 0.253. The van der Waals surface area contributed by atoms with E-state index in [9.17, 15) is 4.79 Å². The minimum Gasteiger partial charge on any atom is -0.364 e. The average molecular weight is 276 g/mol. The molecule has 0 aliphatic rings. The molecular weight excluding hydrogens is 260 g/mol. The molecule has 0 saturated heterocycles. The van der Waals surface area contributed by atoms with Crippen LogP contribution in [0, 0.1) is 6.92 Å². The van der Waals surface area contributed by atoms with Gasteiger partial charge in [-0.25, -0.2) is 15.0 Å². The van der Waals surface area contributed by atoms with Crippen LogP contribution in [0.4, 0.5) is 0 Å².